The quantitative estimate of drug-likeness (QED) is 0.143. The molecule has 0 bridgehead atoms. The molecule has 10 heteroatoms. The summed E-state index contributed by atoms with van der Waals surface area (Å²) in [6.07, 6.45) is -0.506. The number of ether oxygens (including phenoxy) is 1. The molecule has 0 radical (unpaired) electrons. The van der Waals surface area contributed by atoms with E-state index in [4.69, 9.17) is 9.72 Å². The lowest BCUT2D eigenvalue weighted by atomic mass is 10.0. The molecule has 0 aliphatic carbocycles. The van der Waals surface area contributed by atoms with Crippen molar-refractivity contribution in [3.8, 4) is 0 Å². The first kappa shape index (κ1) is 29.3. The minimum absolute atomic E-state index is 0.168. The Bertz CT molecular complexity index is 1820. The van der Waals surface area contributed by atoms with E-state index in [0.29, 0.717) is 10.7 Å². The number of rotatable bonds is 9. The lowest BCUT2D eigenvalue weighted by Gasteiger charge is -2.49. The van der Waals surface area contributed by atoms with Gasteiger partial charge in [-0.3, -0.25) is 14.5 Å². The van der Waals surface area contributed by atoms with Gasteiger partial charge in [0.15, 0.2) is 10.4 Å². The molecule has 1 fully saturated rings. The number of thiazole rings is 1. The van der Waals surface area contributed by atoms with Crippen molar-refractivity contribution in [1.82, 2.24) is 15.2 Å². The molecule has 45 heavy (non-hydrogen) atoms. The standard InChI is InChI=1S/C35H27N3O4S3/c39-28(20-22-12-4-1-5-13-22)37-29-32(40)38-30(27(21-43-33(29)38)45-35-36-25-18-10-11-19-26(25)44-35)34(41)42-31(23-14-6-2-7-15-23)24-16-8-3-9-17-24/h1-19,29,31,33H,20-21H2,(H,37,39)/t29?,33-/m0/s1. The van der Waals surface area contributed by atoms with E-state index >= 15 is 0 Å². The van der Waals surface area contributed by atoms with Crippen LogP contribution in [0.25, 0.3) is 10.2 Å². The average molecular weight is 650 g/mol. The molecule has 2 aliphatic rings. The van der Waals surface area contributed by atoms with Gasteiger partial charge in [-0.15, -0.1) is 23.1 Å². The van der Waals surface area contributed by atoms with Crippen LogP contribution in [0.4, 0.5) is 0 Å². The lowest BCUT2D eigenvalue weighted by molar-refractivity contribution is -0.154. The van der Waals surface area contributed by atoms with Gasteiger partial charge in [0.25, 0.3) is 5.91 Å². The zero-order valence-corrected chi connectivity index (χ0v) is 26.3. The third-order valence-electron chi connectivity index (χ3n) is 7.56. The maximum Gasteiger partial charge on any atom is 0.356 e. The number of hydrogen-bond acceptors (Lipinski definition) is 8. The summed E-state index contributed by atoms with van der Waals surface area (Å²) in [6.45, 7) is 0. The monoisotopic (exact) mass is 649 g/mol. The van der Waals surface area contributed by atoms with E-state index in [1.54, 1.807) is 0 Å². The van der Waals surface area contributed by atoms with Gasteiger partial charge in [-0.1, -0.05) is 115 Å². The molecule has 0 spiro atoms. The molecule has 1 N–H and O–H groups in total. The van der Waals surface area contributed by atoms with Crippen LogP contribution in [0.1, 0.15) is 22.8 Å². The van der Waals surface area contributed by atoms with Crippen LogP contribution < -0.4 is 5.32 Å². The molecule has 7 rings (SSSR count). The Balaban J connectivity index is 1.19. The van der Waals surface area contributed by atoms with E-state index < -0.39 is 23.5 Å². The lowest BCUT2D eigenvalue weighted by Crippen LogP contribution is -2.70. The molecule has 1 aromatic heterocycles. The molecule has 2 aliphatic heterocycles. The van der Waals surface area contributed by atoms with Gasteiger partial charge in [0, 0.05) is 10.7 Å². The summed E-state index contributed by atoms with van der Waals surface area (Å²) in [7, 11) is 0. The number of carbonyl (C=O) groups is 3. The Morgan fingerprint density at radius 1 is 0.889 bits per heavy atom. The van der Waals surface area contributed by atoms with E-state index in [0.717, 1.165) is 31.2 Å². The zero-order valence-electron chi connectivity index (χ0n) is 23.9. The Labute approximate surface area is 272 Å². The molecule has 2 amide bonds. The number of thioether (sulfide) groups is 2. The van der Waals surface area contributed by atoms with Crippen molar-refractivity contribution in [2.75, 3.05) is 5.75 Å². The number of hydrogen-bond donors (Lipinski definition) is 1. The summed E-state index contributed by atoms with van der Waals surface area (Å²) in [5.74, 6) is -0.704. The number of aromatic nitrogens is 1. The predicted octanol–water partition coefficient (Wildman–Crippen LogP) is 6.58. The minimum atomic E-state index is -0.734. The third kappa shape index (κ3) is 6.13. The van der Waals surface area contributed by atoms with Crippen LogP contribution in [-0.4, -0.2) is 44.8 Å². The number of esters is 1. The number of benzene rings is 4. The second-order valence-electron chi connectivity index (χ2n) is 10.5. The van der Waals surface area contributed by atoms with E-state index in [-0.39, 0.29) is 23.9 Å². The average Bonchev–Trinajstić information content (AvgIpc) is 3.49. The van der Waals surface area contributed by atoms with Gasteiger partial charge >= 0.3 is 5.97 Å². The molecular weight excluding hydrogens is 623 g/mol. The Hall–Kier alpha value is -4.38. The van der Waals surface area contributed by atoms with Gasteiger partial charge < -0.3 is 10.1 Å². The largest absolute Gasteiger partial charge is 0.448 e. The molecule has 7 nitrogen and oxygen atoms in total. The molecule has 4 aromatic carbocycles. The molecule has 0 saturated carbocycles. The van der Waals surface area contributed by atoms with Crippen LogP contribution in [0.2, 0.25) is 0 Å². The number of nitrogens with zero attached hydrogens (tertiary/aromatic N) is 2. The van der Waals surface area contributed by atoms with Gasteiger partial charge in [0.05, 0.1) is 16.6 Å². The Morgan fingerprint density at radius 3 is 2.18 bits per heavy atom. The first-order valence-corrected chi connectivity index (χ1v) is 17.1. The van der Waals surface area contributed by atoms with Gasteiger partial charge in [-0.2, -0.15) is 0 Å². The third-order valence-corrected chi connectivity index (χ3v) is 11.2. The number of β-lactam (4-membered cyclic amide) rings is 1. The molecule has 5 aromatic rings. The number of carbonyl (C=O) groups excluding carboxylic acids is 3. The molecule has 1 unspecified atom stereocenters. The summed E-state index contributed by atoms with van der Waals surface area (Å²) in [5, 5.41) is 2.48. The second-order valence-corrected chi connectivity index (χ2v) is 14.0. The summed E-state index contributed by atoms with van der Waals surface area (Å²) in [5.41, 5.74) is 3.59. The van der Waals surface area contributed by atoms with Crippen molar-refractivity contribution < 1.29 is 19.1 Å². The number of para-hydroxylation sites is 1. The van der Waals surface area contributed by atoms with Gasteiger partial charge in [-0.25, -0.2) is 9.78 Å². The first-order chi connectivity index (χ1) is 22.0. The minimum Gasteiger partial charge on any atom is -0.448 e. The van der Waals surface area contributed by atoms with Crippen LogP contribution in [-0.2, 0) is 25.5 Å². The van der Waals surface area contributed by atoms with Crippen molar-refractivity contribution in [1.29, 1.82) is 0 Å². The summed E-state index contributed by atoms with van der Waals surface area (Å²) < 4.78 is 8.09. The second kappa shape index (κ2) is 12.9. The van der Waals surface area contributed by atoms with Crippen LogP contribution in [0, 0.1) is 0 Å². The number of amides is 2. The Morgan fingerprint density at radius 2 is 1.51 bits per heavy atom. The summed E-state index contributed by atoms with van der Waals surface area (Å²) in [6, 6.07) is 35.7. The molecule has 3 heterocycles. The van der Waals surface area contributed by atoms with Crippen LogP contribution in [0.5, 0.6) is 0 Å². The van der Waals surface area contributed by atoms with E-state index in [2.05, 4.69) is 5.32 Å². The summed E-state index contributed by atoms with van der Waals surface area (Å²) >= 11 is 4.45. The highest BCUT2D eigenvalue weighted by atomic mass is 32.2. The maximum absolute atomic E-state index is 14.2. The molecule has 2 atom stereocenters. The molecule has 1 saturated heterocycles. The van der Waals surface area contributed by atoms with E-state index in [9.17, 15) is 14.4 Å². The molecular formula is C35H27N3O4S3. The van der Waals surface area contributed by atoms with Crippen LogP contribution in [0.15, 0.2) is 130 Å². The normalized spacial score (nSPS) is 17.6. The smallest absolute Gasteiger partial charge is 0.356 e. The van der Waals surface area contributed by atoms with Crippen LogP contribution in [0.3, 0.4) is 0 Å². The fourth-order valence-electron chi connectivity index (χ4n) is 5.41. The predicted molar refractivity (Wildman–Crippen MR) is 178 cm³/mol. The summed E-state index contributed by atoms with van der Waals surface area (Å²) in [4.78, 5) is 47.8. The SMILES string of the molecule is O=C(Cc1ccccc1)NC1C(=O)N2C(C(=O)OC(c3ccccc3)c3ccccc3)=C(Sc3nc4ccccc4s3)CS[C@@H]12. The molecule has 224 valence electrons. The van der Waals surface area contributed by atoms with Gasteiger partial charge in [-0.05, 0) is 28.8 Å². The van der Waals surface area contributed by atoms with Crippen molar-refractivity contribution in [2.45, 2.75) is 28.3 Å². The van der Waals surface area contributed by atoms with E-state index in [1.165, 1.54) is 39.8 Å². The highest BCUT2D eigenvalue weighted by Crippen LogP contribution is 2.47. The van der Waals surface area contributed by atoms with Gasteiger partial charge in [0.1, 0.15) is 17.1 Å². The van der Waals surface area contributed by atoms with Gasteiger partial charge in [0.2, 0.25) is 5.91 Å². The van der Waals surface area contributed by atoms with Crippen LogP contribution >= 0.6 is 34.9 Å². The fourth-order valence-corrected chi connectivity index (χ4v) is 9.11. The Kier molecular flexibility index (Phi) is 8.43. The first-order valence-electron chi connectivity index (χ1n) is 14.4. The highest BCUT2D eigenvalue weighted by molar-refractivity contribution is 8.07. The van der Waals surface area contributed by atoms with Crippen molar-refractivity contribution in [3.63, 3.8) is 0 Å². The van der Waals surface area contributed by atoms with Crippen molar-refractivity contribution >= 4 is 62.9 Å². The highest BCUT2D eigenvalue weighted by Gasteiger charge is 2.55. The number of fused-ring (bicyclic) bond motifs is 2. The zero-order chi connectivity index (χ0) is 30.8. The van der Waals surface area contributed by atoms with E-state index in [1.807, 2.05) is 115 Å². The van der Waals surface area contributed by atoms with Crippen molar-refractivity contribution in [2.24, 2.45) is 0 Å². The number of nitrogens with one attached hydrogen (secondary N) is 1. The van der Waals surface area contributed by atoms with Crippen molar-refractivity contribution in [3.05, 3.63) is 143 Å². The topological polar surface area (TPSA) is 88.6 Å². The fraction of sp³-hybridized carbons (Fsp3) is 0.143. The maximum atomic E-state index is 14.2.